The van der Waals surface area contributed by atoms with Gasteiger partial charge in [-0.2, -0.15) is 0 Å². The van der Waals surface area contributed by atoms with E-state index < -0.39 is 0 Å². The summed E-state index contributed by atoms with van der Waals surface area (Å²) >= 11 is 1.32. The Hall–Kier alpha value is -2.48. The summed E-state index contributed by atoms with van der Waals surface area (Å²) in [5.74, 6) is 0.544. The average Bonchev–Trinajstić information content (AvgIpc) is 2.88. The fourth-order valence-corrected chi connectivity index (χ4v) is 2.44. The topological polar surface area (TPSA) is 110 Å². The van der Waals surface area contributed by atoms with Crippen molar-refractivity contribution in [1.29, 1.82) is 0 Å². The van der Waals surface area contributed by atoms with Gasteiger partial charge in [0.25, 0.3) is 0 Å². The molecule has 0 atom stereocenters. The van der Waals surface area contributed by atoms with Gasteiger partial charge in [-0.25, -0.2) is 0 Å². The van der Waals surface area contributed by atoms with Crippen LogP contribution in [0.5, 0.6) is 0 Å². The minimum absolute atomic E-state index is 0.0695. The minimum Gasteiger partial charge on any atom is -0.375 e. The van der Waals surface area contributed by atoms with Crippen LogP contribution in [0.3, 0.4) is 0 Å². The molecule has 4 N–H and O–H groups in total. The van der Waals surface area contributed by atoms with Crippen molar-refractivity contribution in [2.24, 2.45) is 5.73 Å². The van der Waals surface area contributed by atoms with Gasteiger partial charge in [0.2, 0.25) is 11.8 Å². The van der Waals surface area contributed by atoms with Crippen molar-refractivity contribution in [2.75, 3.05) is 22.9 Å². The Balaban J connectivity index is 1.90. The van der Waals surface area contributed by atoms with Crippen LogP contribution in [0.1, 0.15) is 5.76 Å². The molecule has 22 heavy (non-hydrogen) atoms. The van der Waals surface area contributed by atoms with Crippen molar-refractivity contribution in [3.05, 3.63) is 36.1 Å². The maximum absolute atomic E-state index is 11.8. The van der Waals surface area contributed by atoms with E-state index in [2.05, 4.69) is 15.8 Å². The van der Waals surface area contributed by atoms with E-state index in [0.717, 1.165) is 10.6 Å². The molecule has 1 aromatic carbocycles. The van der Waals surface area contributed by atoms with Crippen LogP contribution in [0.15, 0.2) is 39.8 Å². The summed E-state index contributed by atoms with van der Waals surface area (Å²) in [6.07, 6.45) is 0. The number of carbonyl (C=O) groups excluding carboxylic acids is 2. The maximum atomic E-state index is 11.8. The van der Waals surface area contributed by atoms with E-state index in [9.17, 15) is 9.59 Å². The van der Waals surface area contributed by atoms with Gasteiger partial charge in [0, 0.05) is 16.6 Å². The van der Waals surface area contributed by atoms with Crippen molar-refractivity contribution in [1.82, 2.24) is 5.16 Å². The number of amides is 2. The van der Waals surface area contributed by atoms with Gasteiger partial charge < -0.3 is 20.9 Å². The third-order valence-corrected chi connectivity index (χ3v) is 3.69. The Labute approximate surface area is 131 Å². The highest BCUT2D eigenvalue weighted by Crippen LogP contribution is 2.26. The van der Waals surface area contributed by atoms with E-state index >= 15 is 0 Å². The second-order valence-electron chi connectivity index (χ2n) is 4.48. The first kappa shape index (κ1) is 15.9. The van der Waals surface area contributed by atoms with Crippen LogP contribution in [0.4, 0.5) is 11.5 Å². The second kappa shape index (κ2) is 7.51. The number of carbonyl (C=O) groups is 2. The molecule has 2 amide bonds. The number of aromatic nitrogens is 1. The molecule has 0 spiro atoms. The first-order valence-corrected chi connectivity index (χ1v) is 7.50. The number of para-hydroxylation sites is 1. The molecule has 7 nitrogen and oxygen atoms in total. The predicted octanol–water partition coefficient (Wildman–Crippen LogP) is 1.61. The lowest BCUT2D eigenvalue weighted by Gasteiger charge is -2.10. The van der Waals surface area contributed by atoms with E-state index in [1.54, 1.807) is 13.0 Å². The van der Waals surface area contributed by atoms with Crippen LogP contribution in [0, 0.1) is 6.92 Å². The zero-order chi connectivity index (χ0) is 15.9. The van der Waals surface area contributed by atoms with Crippen LogP contribution < -0.4 is 16.4 Å². The highest BCUT2D eigenvalue weighted by molar-refractivity contribution is 8.00. The zero-order valence-electron chi connectivity index (χ0n) is 12.0. The lowest BCUT2D eigenvalue weighted by atomic mass is 10.3. The van der Waals surface area contributed by atoms with E-state index in [4.69, 9.17) is 10.3 Å². The molecule has 0 radical (unpaired) electrons. The van der Waals surface area contributed by atoms with Gasteiger partial charge >= 0.3 is 0 Å². The highest BCUT2D eigenvalue weighted by atomic mass is 32.2. The van der Waals surface area contributed by atoms with Crippen molar-refractivity contribution in [2.45, 2.75) is 11.8 Å². The number of benzene rings is 1. The van der Waals surface area contributed by atoms with Crippen molar-refractivity contribution in [3.63, 3.8) is 0 Å². The molecule has 0 unspecified atom stereocenters. The summed E-state index contributed by atoms with van der Waals surface area (Å²) in [4.78, 5) is 23.5. The molecular formula is C14H16N4O3S. The number of primary amides is 1. The third-order valence-electron chi connectivity index (χ3n) is 2.59. The number of thioether (sulfide) groups is 1. The highest BCUT2D eigenvalue weighted by Gasteiger charge is 2.08. The molecule has 1 aromatic heterocycles. The van der Waals surface area contributed by atoms with E-state index in [1.807, 2.05) is 24.3 Å². The quantitative estimate of drug-likeness (QED) is 0.669. The van der Waals surface area contributed by atoms with Crippen LogP contribution in [-0.2, 0) is 9.59 Å². The smallest absolute Gasteiger partial charge is 0.244 e. The number of hydrogen-bond donors (Lipinski definition) is 3. The number of rotatable bonds is 7. The molecule has 0 aliphatic rings. The van der Waals surface area contributed by atoms with Crippen LogP contribution in [0.25, 0.3) is 0 Å². The lowest BCUT2D eigenvalue weighted by Crippen LogP contribution is -2.22. The van der Waals surface area contributed by atoms with E-state index in [-0.39, 0.29) is 24.1 Å². The van der Waals surface area contributed by atoms with Crippen LogP contribution in [0.2, 0.25) is 0 Å². The summed E-state index contributed by atoms with van der Waals surface area (Å²) in [5, 5.41) is 9.32. The van der Waals surface area contributed by atoms with Gasteiger partial charge in [0.05, 0.1) is 12.3 Å². The van der Waals surface area contributed by atoms with Crippen LogP contribution in [-0.4, -0.2) is 29.3 Å². The molecule has 0 fully saturated rings. The molecule has 2 rings (SSSR count). The van der Waals surface area contributed by atoms with Crippen LogP contribution >= 0.6 is 11.8 Å². The summed E-state index contributed by atoms with van der Waals surface area (Å²) in [6, 6.07) is 9.02. The fourth-order valence-electron chi connectivity index (χ4n) is 1.68. The molecule has 0 saturated heterocycles. The molecule has 0 aliphatic carbocycles. The monoisotopic (exact) mass is 320 g/mol. The largest absolute Gasteiger partial charge is 0.375 e. The van der Waals surface area contributed by atoms with Crippen molar-refractivity contribution < 1.29 is 14.1 Å². The number of anilines is 2. The van der Waals surface area contributed by atoms with E-state index in [0.29, 0.717) is 11.6 Å². The molecule has 8 heteroatoms. The van der Waals surface area contributed by atoms with Gasteiger partial charge in [-0.15, -0.1) is 11.8 Å². The predicted molar refractivity (Wildman–Crippen MR) is 84.7 cm³/mol. The number of nitrogens with one attached hydrogen (secondary N) is 2. The molecule has 2 aromatic rings. The Kier molecular flexibility index (Phi) is 5.42. The van der Waals surface area contributed by atoms with E-state index in [1.165, 1.54) is 11.8 Å². The lowest BCUT2D eigenvalue weighted by molar-refractivity contribution is -0.116. The molecule has 0 aliphatic heterocycles. The number of nitrogens with two attached hydrogens (primary N) is 1. The minimum atomic E-state index is -0.390. The number of nitrogens with zero attached hydrogens (tertiary/aromatic N) is 1. The second-order valence-corrected chi connectivity index (χ2v) is 5.49. The first-order valence-electron chi connectivity index (χ1n) is 6.52. The van der Waals surface area contributed by atoms with Gasteiger partial charge in [0.15, 0.2) is 5.82 Å². The van der Waals surface area contributed by atoms with Gasteiger partial charge in [-0.1, -0.05) is 17.3 Å². The first-order chi connectivity index (χ1) is 10.5. The summed E-state index contributed by atoms with van der Waals surface area (Å²) in [5.41, 5.74) is 5.90. The fraction of sp³-hybridized carbons (Fsp3) is 0.214. The molecule has 116 valence electrons. The normalized spacial score (nSPS) is 10.2. The molecular weight excluding hydrogens is 304 g/mol. The third kappa shape index (κ3) is 4.81. The molecule has 1 heterocycles. The standard InChI is InChI=1S/C14H16N4O3S/c1-9-6-13(18-21-9)17-14(20)7-16-10-4-2-3-5-11(10)22-8-12(15)19/h2-6,16H,7-8H2,1H3,(H2,15,19)(H,17,18,20). The number of aryl methyl sites for hydroxylation is 1. The SMILES string of the molecule is Cc1cc(NC(=O)CNc2ccccc2SCC(N)=O)no1. The van der Waals surface area contributed by atoms with Gasteiger partial charge in [-0.05, 0) is 19.1 Å². The van der Waals surface area contributed by atoms with Gasteiger partial charge in [-0.3, -0.25) is 9.59 Å². The summed E-state index contributed by atoms with van der Waals surface area (Å²) < 4.78 is 4.87. The van der Waals surface area contributed by atoms with Gasteiger partial charge in [0.1, 0.15) is 5.76 Å². The Bertz CT molecular complexity index is 672. The summed E-state index contributed by atoms with van der Waals surface area (Å²) in [6.45, 7) is 1.81. The van der Waals surface area contributed by atoms with Crippen molar-refractivity contribution in [3.8, 4) is 0 Å². The Morgan fingerprint density at radius 2 is 2.14 bits per heavy atom. The average molecular weight is 320 g/mol. The Morgan fingerprint density at radius 3 is 2.82 bits per heavy atom. The Morgan fingerprint density at radius 1 is 1.36 bits per heavy atom. The molecule has 0 saturated carbocycles. The number of hydrogen-bond acceptors (Lipinski definition) is 6. The zero-order valence-corrected chi connectivity index (χ0v) is 12.8. The summed E-state index contributed by atoms with van der Waals surface area (Å²) in [7, 11) is 0. The molecule has 0 bridgehead atoms. The van der Waals surface area contributed by atoms with Crippen molar-refractivity contribution >= 4 is 35.1 Å². The maximum Gasteiger partial charge on any atom is 0.244 e.